The normalized spacial score (nSPS) is 14.8. The molecule has 0 saturated heterocycles. The first kappa shape index (κ1) is 20.3. The van der Waals surface area contributed by atoms with Crippen molar-refractivity contribution >= 4 is 55.7 Å². The monoisotopic (exact) mass is 443 g/mol. The van der Waals surface area contributed by atoms with Gasteiger partial charge in [0.25, 0.3) is 10.0 Å². The molecule has 1 atom stereocenters. The maximum absolute atomic E-state index is 12.7. The van der Waals surface area contributed by atoms with Gasteiger partial charge in [-0.3, -0.25) is 0 Å². The number of thiophene rings is 1. The Balaban J connectivity index is 2.07. The van der Waals surface area contributed by atoms with Crippen LogP contribution < -0.4 is 0 Å². The zero-order valence-corrected chi connectivity index (χ0v) is 18.0. The number of esters is 1. The van der Waals surface area contributed by atoms with Gasteiger partial charge in [0.2, 0.25) is 0 Å². The quantitative estimate of drug-likeness (QED) is 0.627. The molecule has 1 aliphatic rings. The van der Waals surface area contributed by atoms with Gasteiger partial charge in [-0.1, -0.05) is 29.8 Å². The van der Waals surface area contributed by atoms with Crippen molar-refractivity contribution in [2.24, 2.45) is 3.77 Å². The van der Waals surface area contributed by atoms with Crippen LogP contribution in [0.1, 0.15) is 34.1 Å². The van der Waals surface area contributed by atoms with Gasteiger partial charge in [0.1, 0.15) is 4.88 Å². The Kier molecular flexibility index (Phi) is 6.20. The van der Waals surface area contributed by atoms with Crippen molar-refractivity contribution < 1.29 is 17.9 Å². The molecule has 3 rings (SSSR count). The van der Waals surface area contributed by atoms with Gasteiger partial charge in [0.05, 0.1) is 15.7 Å². The van der Waals surface area contributed by atoms with Gasteiger partial charge in [0.15, 0.2) is 0 Å². The molecule has 0 bridgehead atoms. The summed E-state index contributed by atoms with van der Waals surface area (Å²) in [4.78, 5) is 12.9. The second-order valence-corrected chi connectivity index (χ2v) is 10.9. The lowest BCUT2D eigenvalue weighted by Crippen LogP contribution is -2.06. The molecule has 1 aliphatic carbocycles. The lowest BCUT2D eigenvalue weighted by atomic mass is 10.00. The van der Waals surface area contributed by atoms with Crippen LogP contribution in [0.25, 0.3) is 6.08 Å². The average Bonchev–Trinajstić information content (AvgIpc) is 3.01. The fourth-order valence-electron chi connectivity index (χ4n) is 2.73. The van der Waals surface area contributed by atoms with Gasteiger partial charge in [-0.2, -0.15) is 8.42 Å². The molecule has 9 heteroatoms. The maximum Gasteiger partial charge on any atom is 0.348 e. The van der Waals surface area contributed by atoms with Crippen molar-refractivity contribution in [3.8, 4) is 0 Å². The highest BCUT2D eigenvalue weighted by molar-refractivity contribution is 8.00. The van der Waals surface area contributed by atoms with E-state index in [2.05, 4.69) is 3.77 Å². The van der Waals surface area contributed by atoms with E-state index in [1.807, 2.05) is 12.2 Å². The van der Waals surface area contributed by atoms with E-state index in [9.17, 15) is 13.2 Å². The minimum absolute atomic E-state index is 0.0564. The average molecular weight is 444 g/mol. The van der Waals surface area contributed by atoms with Crippen LogP contribution in [0.3, 0.4) is 0 Å². The molecule has 5 nitrogen and oxygen atoms in total. The summed E-state index contributed by atoms with van der Waals surface area (Å²) in [5, 5.41) is 0.336. The highest BCUT2D eigenvalue weighted by Gasteiger charge is 2.25. The third-order valence-electron chi connectivity index (χ3n) is 3.89. The zero-order valence-electron chi connectivity index (χ0n) is 14.8. The van der Waals surface area contributed by atoms with Crippen LogP contribution in [0.2, 0.25) is 5.02 Å². The van der Waals surface area contributed by atoms with E-state index < -0.39 is 20.7 Å². The SMILES string of the molecule is CCOC(=O)c1sc([S@](C)=NS(=O)(=O)c2cccc(Cl)c2)c2c1CCC=C2. The van der Waals surface area contributed by atoms with Gasteiger partial charge in [-0.15, -0.1) is 15.1 Å². The highest BCUT2D eigenvalue weighted by Crippen LogP contribution is 2.37. The fraction of sp³-hybridized carbons (Fsp3) is 0.278. The summed E-state index contributed by atoms with van der Waals surface area (Å²) in [6.45, 7) is 2.05. The number of fused-ring (bicyclic) bond motifs is 1. The summed E-state index contributed by atoms with van der Waals surface area (Å²) in [6, 6.07) is 6.03. The summed E-state index contributed by atoms with van der Waals surface area (Å²) >= 11 is 7.18. The van der Waals surface area contributed by atoms with Crippen molar-refractivity contribution in [2.45, 2.75) is 28.9 Å². The largest absolute Gasteiger partial charge is 0.462 e. The number of nitrogens with zero attached hydrogens (tertiary/aromatic N) is 1. The zero-order chi connectivity index (χ0) is 19.6. The first-order valence-corrected chi connectivity index (χ1v) is 12.4. The number of halogens is 1. The van der Waals surface area contributed by atoms with E-state index in [1.54, 1.807) is 25.3 Å². The van der Waals surface area contributed by atoms with Crippen molar-refractivity contribution in [2.75, 3.05) is 12.9 Å². The molecule has 144 valence electrons. The Morgan fingerprint density at radius 1 is 1.41 bits per heavy atom. The van der Waals surface area contributed by atoms with E-state index in [0.29, 0.717) is 16.5 Å². The highest BCUT2D eigenvalue weighted by atomic mass is 35.5. The van der Waals surface area contributed by atoms with Gasteiger partial charge in [0, 0.05) is 10.6 Å². The molecule has 0 aliphatic heterocycles. The first-order valence-electron chi connectivity index (χ1n) is 8.22. The Bertz CT molecular complexity index is 1050. The van der Waals surface area contributed by atoms with Crippen molar-refractivity contribution in [1.82, 2.24) is 0 Å². The molecule has 0 fully saturated rings. The van der Waals surface area contributed by atoms with Gasteiger partial charge >= 0.3 is 5.97 Å². The number of hydrogen-bond acceptors (Lipinski definition) is 5. The number of hydrogen-bond donors (Lipinski definition) is 0. The van der Waals surface area contributed by atoms with Crippen molar-refractivity contribution in [3.63, 3.8) is 0 Å². The van der Waals surface area contributed by atoms with Gasteiger partial charge < -0.3 is 4.74 Å². The second kappa shape index (κ2) is 8.26. The molecular formula is C18H18ClNO4S3. The molecule has 1 aromatic carbocycles. The summed E-state index contributed by atoms with van der Waals surface area (Å²) < 4.78 is 35.3. The summed E-state index contributed by atoms with van der Waals surface area (Å²) in [5.74, 6) is -0.366. The molecule has 0 radical (unpaired) electrons. The Morgan fingerprint density at radius 2 is 2.19 bits per heavy atom. The minimum atomic E-state index is -3.86. The van der Waals surface area contributed by atoms with Crippen molar-refractivity contribution in [3.05, 3.63) is 51.4 Å². The standard InChI is InChI=1S/C18H18ClNO4S3/c1-3-24-17(21)16-14-9-4-5-10-15(14)18(25-16)26(2)20-27(22,23)13-8-6-7-12(19)11-13/h5-8,10-11H,3-4,9H2,1-2H3/t26-/m0/s1. The van der Waals surface area contributed by atoms with Gasteiger partial charge in [-0.25, -0.2) is 4.79 Å². The lowest BCUT2D eigenvalue weighted by Gasteiger charge is -2.09. The molecule has 0 spiro atoms. The third kappa shape index (κ3) is 4.34. The van der Waals surface area contributed by atoms with Crippen LogP contribution in [0.5, 0.6) is 0 Å². The molecular weight excluding hydrogens is 426 g/mol. The van der Waals surface area contributed by atoms with Crippen molar-refractivity contribution in [1.29, 1.82) is 0 Å². The van der Waals surface area contributed by atoms with Crippen LogP contribution in [0, 0.1) is 0 Å². The predicted molar refractivity (Wildman–Crippen MR) is 110 cm³/mol. The molecule has 0 amide bonds. The Hall–Kier alpha value is -1.48. The number of allylic oxidation sites excluding steroid dienone is 1. The second-order valence-electron chi connectivity index (χ2n) is 5.76. The number of ether oxygens (including phenoxy) is 1. The van der Waals surface area contributed by atoms with Crippen LogP contribution >= 0.6 is 22.9 Å². The molecule has 0 N–H and O–H groups in total. The van der Waals surface area contributed by atoms with Crippen LogP contribution in [-0.4, -0.2) is 27.2 Å². The molecule has 27 heavy (non-hydrogen) atoms. The number of rotatable bonds is 5. The number of carbonyl (C=O) groups is 1. The predicted octanol–water partition coefficient (Wildman–Crippen LogP) is 4.72. The minimum Gasteiger partial charge on any atom is -0.462 e. The number of benzene rings is 1. The van der Waals surface area contributed by atoms with E-state index in [1.165, 1.54) is 23.5 Å². The van der Waals surface area contributed by atoms with Gasteiger partial charge in [-0.05, 0) is 60.5 Å². The van der Waals surface area contributed by atoms with E-state index in [-0.39, 0.29) is 10.9 Å². The molecule has 0 unspecified atom stereocenters. The summed E-state index contributed by atoms with van der Waals surface area (Å²) in [6.07, 6.45) is 7.28. The summed E-state index contributed by atoms with van der Waals surface area (Å²) in [7, 11) is -4.80. The Labute approximate surface area is 170 Å². The smallest absolute Gasteiger partial charge is 0.348 e. The van der Waals surface area contributed by atoms with E-state index in [0.717, 1.165) is 28.2 Å². The van der Waals surface area contributed by atoms with Crippen LogP contribution in [-0.2, 0) is 31.9 Å². The molecule has 0 saturated carbocycles. The third-order valence-corrected chi connectivity index (χ3v) is 9.41. The summed E-state index contributed by atoms with van der Waals surface area (Å²) in [5.41, 5.74) is 1.82. The molecule has 1 aromatic heterocycles. The van der Waals surface area contributed by atoms with E-state index >= 15 is 0 Å². The number of sulfonamides is 1. The van der Waals surface area contributed by atoms with Crippen LogP contribution in [0.15, 0.2) is 43.2 Å². The topological polar surface area (TPSA) is 72.8 Å². The number of carbonyl (C=O) groups excluding carboxylic acids is 1. The molecule has 1 heterocycles. The fourth-order valence-corrected chi connectivity index (χ4v) is 7.79. The van der Waals surface area contributed by atoms with E-state index in [4.69, 9.17) is 16.3 Å². The first-order chi connectivity index (χ1) is 12.8. The van der Waals surface area contributed by atoms with Crippen LogP contribution in [0.4, 0.5) is 0 Å². The Morgan fingerprint density at radius 3 is 2.89 bits per heavy atom. The molecule has 2 aromatic rings. The maximum atomic E-state index is 12.7. The lowest BCUT2D eigenvalue weighted by molar-refractivity contribution is 0.0531.